The Kier molecular flexibility index (Phi) is 10.3. The number of amides is 3. The van der Waals surface area contributed by atoms with Crippen molar-refractivity contribution in [1.29, 1.82) is 0 Å². The van der Waals surface area contributed by atoms with Crippen LogP contribution in [0, 0.1) is 5.92 Å². The number of hydrogen-bond acceptors (Lipinski definition) is 7. The van der Waals surface area contributed by atoms with Crippen molar-refractivity contribution in [2.24, 2.45) is 11.7 Å². The number of nitrogens with zero attached hydrogens (tertiary/aromatic N) is 2. The summed E-state index contributed by atoms with van der Waals surface area (Å²) in [5.41, 5.74) is 4.25. The van der Waals surface area contributed by atoms with Crippen molar-refractivity contribution in [2.45, 2.75) is 115 Å². The zero-order valence-corrected chi connectivity index (χ0v) is 23.1. The molecule has 0 aromatic heterocycles. The van der Waals surface area contributed by atoms with E-state index in [1.54, 1.807) is 32.6 Å². The third-order valence-corrected chi connectivity index (χ3v) is 7.10. The van der Waals surface area contributed by atoms with Gasteiger partial charge in [0.1, 0.15) is 23.5 Å². The predicted octanol–water partition coefficient (Wildman–Crippen LogP) is 1.80. The minimum absolute atomic E-state index is 0.0461. The highest BCUT2D eigenvalue weighted by molar-refractivity contribution is 5.91. The number of carbonyl (C=O) groups is 4. The van der Waals surface area contributed by atoms with Crippen LogP contribution in [0.25, 0.3) is 0 Å². The Hall–Kier alpha value is -2.20. The van der Waals surface area contributed by atoms with E-state index >= 15 is 0 Å². The second kappa shape index (κ2) is 12.4. The van der Waals surface area contributed by atoms with Gasteiger partial charge in [0, 0.05) is 32.2 Å². The maximum Gasteiger partial charge on any atom is 0.410 e. The van der Waals surface area contributed by atoms with E-state index in [4.69, 9.17) is 10.5 Å². The topological polar surface area (TPSA) is 134 Å². The van der Waals surface area contributed by atoms with E-state index in [9.17, 15) is 19.2 Å². The minimum Gasteiger partial charge on any atom is -0.444 e. The first-order valence-electron chi connectivity index (χ1n) is 13.2. The number of nitrogens with two attached hydrogens (primary N) is 1. The third-order valence-electron chi connectivity index (χ3n) is 7.10. The molecule has 0 spiro atoms. The summed E-state index contributed by atoms with van der Waals surface area (Å²) in [5.74, 6) is -0.303. The summed E-state index contributed by atoms with van der Waals surface area (Å²) in [6.45, 7) is 11.1. The van der Waals surface area contributed by atoms with E-state index in [2.05, 4.69) is 10.6 Å². The van der Waals surface area contributed by atoms with Crippen LogP contribution in [0.15, 0.2) is 0 Å². The maximum absolute atomic E-state index is 13.9. The first kappa shape index (κ1) is 30.0. The van der Waals surface area contributed by atoms with E-state index < -0.39 is 29.3 Å². The average Bonchev–Trinajstić information content (AvgIpc) is 3.19. The lowest BCUT2D eigenvalue weighted by atomic mass is 9.82. The molecule has 0 aromatic rings. The van der Waals surface area contributed by atoms with Crippen LogP contribution < -0.4 is 16.4 Å². The molecule has 2 fully saturated rings. The summed E-state index contributed by atoms with van der Waals surface area (Å²) >= 11 is 0. The quantitative estimate of drug-likeness (QED) is 0.404. The van der Waals surface area contributed by atoms with Gasteiger partial charge in [-0.25, -0.2) is 4.79 Å². The molecular formula is C26H47N5O5. The molecule has 2 aliphatic rings. The molecule has 36 heavy (non-hydrogen) atoms. The Morgan fingerprint density at radius 2 is 1.75 bits per heavy atom. The molecule has 10 heteroatoms. The fraction of sp³-hybridized carbons (Fsp3) is 0.846. The van der Waals surface area contributed by atoms with Crippen molar-refractivity contribution in [3.8, 4) is 0 Å². The van der Waals surface area contributed by atoms with Gasteiger partial charge < -0.3 is 30.8 Å². The van der Waals surface area contributed by atoms with Crippen molar-refractivity contribution in [1.82, 2.24) is 20.4 Å². The van der Waals surface area contributed by atoms with Crippen LogP contribution >= 0.6 is 0 Å². The number of likely N-dealkylation sites (tertiary alicyclic amines) is 1. The van der Waals surface area contributed by atoms with Gasteiger partial charge in [-0.15, -0.1) is 0 Å². The average molecular weight is 510 g/mol. The highest BCUT2D eigenvalue weighted by atomic mass is 16.6. The van der Waals surface area contributed by atoms with Gasteiger partial charge in [-0.1, -0.05) is 19.3 Å². The molecule has 4 atom stereocenters. The number of hydrogen-bond donors (Lipinski definition) is 3. The molecule has 4 N–H and O–H groups in total. The maximum atomic E-state index is 13.9. The molecule has 10 nitrogen and oxygen atoms in total. The first-order chi connectivity index (χ1) is 16.7. The first-order valence-corrected chi connectivity index (χ1v) is 13.2. The van der Waals surface area contributed by atoms with Crippen molar-refractivity contribution >= 4 is 24.2 Å². The summed E-state index contributed by atoms with van der Waals surface area (Å²) in [7, 11) is 1.52. The lowest BCUT2D eigenvalue weighted by molar-refractivity contribution is -0.141. The van der Waals surface area contributed by atoms with Gasteiger partial charge in [-0.2, -0.15) is 0 Å². The molecule has 2 rings (SSSR count). The molecule has 0 radical (unpaired) electrons. The van der Waals surface area contributed by atoms with Crippen molar-refractivity contribution in [3.63, 3.8) is 0 Å². The Balaban J connectivity index is 2.25. The van der Waals surface area contributed by atoms with Crippen LogP contribution in [-0.4, -0.2) is 89.4 Å². The Labute approximate surface area is 216 Å². The summed E-state index contributed by atoms with van der Waals surface area (Å²) in [5, 5.41) is 6.23. The summed E-state index contributed by atoms with van der Waals surface area (Å²) in [6, 6.07) is -1.53. The Morgan fingerprint density at radius 1 is 1.14 bits per heavy atom. The predicted molar refractivity (Wildman–Crippen MR) is 138 cm³/mol. The van der Waals surface area contributed by atoms with Gasteiger partial charge in [0.2, 0.25) is 11.8 Å². The molecule has 206 valence electrons. The van der Waals surface area contributed by atoms with Gasteiger partial charge in [0.15, 0.2) is 0 Å². The fourth-order valence-corrected chi connectivity index (χ4v) is 4.94. The number of nitrogens with one attached hydrogen (secondary N) is 2. The molecule has 1 saturated carbocycles. The van der Waals surface area contributed by atoms with Crippen LogP contribution in [-0.2, 0) is 19.1 Å². The SMILES string of the molecule is CC(C)NC(=O)C1CC(N)CN1C(=O)C(NCC(C)(C=O)N(C)C(=O)OC(C)(C)C)C1CCCCC1. The number of ether oxygens (including phenoxy) is 1. The highest BCUT2D eigenvalue weighted by Gasteiger charge is 2.44. The molecule has 4 unspecified atom stereocenters. The minimum atomic E-state index is -1.23. The number of likely N-dealkylation sites (N-methyl/N-ethyl adjacent to an activating group) is 1. The van der Waals surface area contributed by atoms with E-state index in [-0.39, 0.29) is 36.4 Å². The summed E-state index contributed by atoms with van der Waals surface area (Å²) in [4.78, 5) is 54.5. The van der Waals surface area contributed by atoms with Gasteiger partial charge in [-0.3, -0.25) is 14.5 Å². The second-order valence-corrected chi connectivity index (χ2v) is 11.9. The molecule has 1 saturated heterocycles. The molecule has 3 amide bonds. The molecule has 1 aliphatic heterocycles. The van der Waals surface area contributed by atoms with Crippen molar-refractivity contribution < 1.29 is 23.9 Å². The lowest BCUT2D eigenvalue weighted by Gasteiger charge is -2.39. The summed E-state index contributed by atoms with van der Waals surface area (Å²) in [6.07, 6.45) is 5.43. The number of aldehydes is 1. The normalized spacial score (nSPS) is 23.6. The zero-order chi connectivity index (χ0) is 27.3. The van der Waals surface area contributed by atoms with Crippen LogP contribution in [0.5, 0.6) is 0 Å². The monoisotopic (exact) mass is 509 g/mol. The number of carbonyl (C=O) groups excluding carboxylic acids is 4. The zero-order valence-electron chi connectivity index (χ0n) is 23.1. The fourth-order valence-electron chi connectivity index (χ4n) is 4.94. The Morgan fingerprint density at radius 3 is 2.28 bits per heavy atom. The largest absolute Gasteiger partial charge is 0.444 e. The molecular weight excluding hydrogens is 462 g/mol. The second-order valence-electron chi connectivity index (χ2n) is 11.9. The van der Waals surface area contributed by atoms with Crippen molar-refractivity contribution in [3.05, 3.63) is 0 Å². The summed E-state index contributed by atoms with van der Waals surface area (Å²) < 4.78 is 5.45. The van der Waals surface area contributed by atoms with Gasteiger partial charge in [0.25, 0.3) is 0 Å². The smallest absolute Gasteiger partial charge is 0.410 e. The van der Waals surface area contributed by atoms with Crippen LogP contribution in [0.4, 0.5) is 4.79 Å². The van der Waals surface area contributed by atoms with Gasteiger partial charge in [-0.05, 0) is 66.7 Å². The van der Waals surface area contributed by atoms with E-state index in [1.807, 2.05) is 13.8 Å². The lowest BCUT2D eigenvalue weighted by Crippen LogP contribution is -2.61. The van der Waals surface area contributed by atoms with Crippen LogP contribution in [0.1, 0.15) is 80.1 Å². The van der Waals surface area contributed by atoms with E-state index in [0.29, 0.717) is 19.3 Å². The molecule has 1 aliphatic carbocycles. The van der Waals surface area contributed by atoms with E-state index in [1.165, 1.54) is 11.9 Å². The number of rotatable bonds is 9. The van der Waals surface area contributed by atoms with Crippen LogP contribution in [0.2, 0.25) is 0 Å². The molecule has 0 aromatic carbocycles. The third kappa shape index (κ3) is 7.90. The van der Waals surface area contributed by atoms with Gasteiger partial charge in [0.05, 0.1) is 6.04 Å². The van der Waals surface area contributed by atoms with E-state index in [0.717, 1.165) is 32.1 Å². The molecule has 1 heterocycles. The Bertz CT molecular complexity index is 792. The van der Waals surface area contributed by atoms with Gasteiger partial charge >= 0.3 is 6.09 Å². The standard InChI is InChI=1S/C26H47N5O5/c1-17(2)29-22(33)20-13-19(27)14-31(20)23(34)21(18-11-9-8-10-12-18)28-15-26(6,16-32)30(7)24(35)36-25(3,4)5/h16-21,28H,8-15,27H2,1-7H3,(H,29,33). The van der Waals surface area contributed by atoms with Crippen LogP contribution in [0.3, 0.4) is 0 Å². The molecule has 0 bridgehead atoms. The highest BCUT2D eigenvalue weighted by Crippen LogP contribution is 2.30. The van der Waals surface area contributed by atoms with Crippen molar-refractivity contribution in [2.75, 3.05) is 20.1 Å².